The zero-order valence-corrected chi connectivity index (χ0v) is 37.3. The van der Waals surface area contributed by atoms with E-state index in [1.54, 1.807) is 44.2 Å². The van der Waals surface area contributed by atoms with Crippen LogP contribution in [0.2, 0.25) is 0 Å². The van der Waals surface area contributed by atoms with E-state index in [1.807, 2.05) is 27.7 Å². The first-order valence-electron chi connectivity index (χ1n) is 19.8. The Labute approximate surface area is 367 Å². The molecule has 2 N–H and O–H groups in total. The first-order chi connectivity index (χ1) is 29.2. The lowest BCUT2D eigenvalue weighted by atomic mass is 9.75. The smallest absolute Gasteiger partial charge is 0.465 e. The predicted octanol–water partition coefficient (Wildman–Crippen LogP) is 7.67. The summed E-state index contributed by atoms with van der Waals surface area (Å²) in [5.41, 5.74) is 2.96. The van der Waals surface area contributed by atoms with Crippen LogP contribution in [-0.2, 0) is 18.8 Å². The van der Waals surface area contributed by atoms with Crippen molar-refractivity contribution in [1.82, 2.24) is 10.6 Å². The first-order valence-corrected chi connectivity index (χ1v) is 20.6. The lowest BCUT2D eigenvalue weighted by Gasteiger charge is -2.32. The molecule has 0 unspecified atom stereocenters. The van der Waals surface area contributed by atoms with Gasteiger partial charge in [-0.15, -0.1) is 0 Å². The van der Waals surface area contributed by atoms with Gasteiger partial charge in [-0.1, -0.05) is 22.0 Å². The quantitative estimate of drug-likeness (QED) is 0.0918. The van der Waals surface area contributed by atoms with Gasteiger partial charge in [-0.25, -0.2) is 18.4 Å². The molecule has 1 aliphatic heterocycles. The van der Waals surface area contributed by atoms with Gasteiger partial charge in [-0.2, -0.15) is 0 Å². The van der Waals surface area contributed by atoms with Crippen molar-refractivity contribution in [2.45, 2.75) is 90.5 Å². The van der Waals surface area contributed by atoms with E-state index in [9.17, 15) is 37.5 Å². The highest BCUT2D eigenvalue weighted by atomic mass is 79.9. The van der Waals surface area contributed by atoms with Crippen LogP contribution in [0.1, 0.15) is 127 Å². The van der Waals surface area contributed by atoms with Gasteiger partial charge in [-0.3, -0.25) is 19.2 Å². The number of benzene rings is 4. The minimum Gasteiger partial charge on any atom is -0.465 e. The largest absolute Gasteiger partial charge is 0.495 e. The second-order valence-corrected chi connectivity index (χ2v) is 17.0. The summed E-state index contributed by atoms with van der Waals surface area (Å²) in [6, 6.07) is 15.2. The van der Waals surface area contributed by atoms with Gasteiger partial charge in [0.15, 0.2) is 12.6 Å². The number of carbonyl (C=O) groups excluding carboxylic acids is 6. The summed E-state index contributed by atoms with van der Waals surface area (Å²) in [5, 5.41) is 5.70. The summed E-state index contributed by atoms with van der Waals surface area (Å²) in [7, 11) is 1.87. The molecule has 0 bridgehead atoms. The van der Waals surface area contributed by atoms with Crippen LogP contribution in [0.25, 0.3) is 11.1 Å². The molecule has 4 aromatic rings. The Hall–Kier alpha value is -5.58. The molecule has 12 nitrogen and oxygen atoms in total. The van der Waals surface area contributed by atoms with Crippen LogP contribution in [0.15, 0.2) is 65.1 Å². The van der Waals surface area contributed by atoms with Gasteiger partial charge in [0.1, 0.15) is 11.6 Å². The van der Waals surface area contributed by atoms with Crippen molar-refractivity contribution in [2.24, 2.45) is 0 Å². The maximum absolute atomic E-state index is 14.4. The number of nitrogens with one attached hydrogen (secondary N) is 2. The molecule has 1 saturated heterocycles. The second-order valence-electron chi connectivity index (χ2n) is 16.1. The number of halogens is 3. The Kier molecular flexibility index (Phi) is 15.0. The van der Waals surface area contributed by atoms with Gasteiger partial charge in [0.05, 0.1) is 36.5 Å². The van der Waals surface area contributed by atoms with Crippen LogP contribution in [0, 0.1) is 25.5 Å². The number of esters is 2. The molecule has 3 fully saturated rings. The average molecular weight is 918 g/mol. The molecule has 7 rings (SSSR count). The second kappa shape index (κ2) is 19.6. The van der Waals surface area contributed by atoms with Gasteiger partial charge in [0.2, 0.25) is 0 Å². The van der Waals surface area contributed by atoms with Crippen molar-refractivity contribution >= 4 is 64.8 Å². The Balaban J connectivity index is 0.000000185. The van der Waals surface area contributed by atoms with Crippen LogP contribution in [0.4, 0.5) is 8.78 Å². The SMILES string of the molecule is COC(=O)c1ccc(-c2cc(C(=O)NC3CC3)cc(F)c2C)c(C=O)c1.COC(=O)c1ccc(Br)c(C=O)c1.Cc1c(F)cc(C(=O)NC2CC2)cc1B1OC(C)(C)C(C)(C)O1. The Morgan fingerprint density at radius 2 is 1.11 bits per heavy atom. The van der Waals surface area contributed by atoms with E-state index >= 15 is 0 Å². The van der Waals surface area contributed by atoms with Crippen LogP contribution >= 0.6 is 15.9 Å². The molecule has 4 aromatic carbocycles. The predicted molar refractivity (Wildman–Crippen MR) is 232 cm³/mol. The summed E-state index contributed by atoms with van der Waals surface area (Å²) in [4.78, 5) is 69.2. The Bertz CT molecular complexity index is 2400. The topological polar surface area (TPSA) is 163 Å². The Morgan fingerprint density at radius 1 is 0.661 bits per heavy atom. The van der Waals surface area contributed by atoms with Crippen molar-refractivity contribution in [3.05, 3.63) is 121 Å². The summed E-state index contributed by atoms with van der Waals surface area (Å²) in [6.45, 7) is 11.0. The number of hydrogen-bond acceptors (Lipinski definition) is 10. The lowest BCUT2D eigenvalue weighted by Crippen LogP contribution is -2.41. The van der Waals surface area contributed by atoms with E-state index in [0.717, 1.165) is 25.7 Å². The number of carbonyl (C=O) groups is 6. The molecule has 3 aliphatic rings. The number of amides is 2. The normalized spacial score (nSPS) is 15.8. The first kappa shape index (κ1) is 47.5. The highest BCUT2D eigenvalue weighted by molar-refractivity contribution is 9.10. The lowest BCUT2D eigenvalue weighted by molar-refractivity contribution is 0.00578. The summed E-state index contributed by atoms with van der Waals surface area (Å²) >= 11 is 3.18. The average Bonchev–Trinajstić information content (AvgIpc) is 4.20. The molecule has 2 saturated carbocycles. The van der Waals surface area contributed by atoms with E-state index in [2.05, 4.69) is 36.0 Å². The fraction of sp³-hybridized carbons (Fsp3) is 0.348. The van der Waals surface area contributed by atoms with Crippen molar-refractivity contribution in [3.8, 4) is 11.1 Å². The summed E-state index contributed by atoms with van der Waals surface area (Å²) in [6.07, 6.45) is 5.11. The number of methoxy groups -OCH3 is 2. The zero-order chi connectivity index (χ0) is 45.7. The molecule has 0 spiro atoms. The van der Waals surface area contributed by atoms with Gasteiger partial charge in [0.25, 0.3) is 11.8 Å². The third-order valence-electron chi connectivity index (χ3n) is 11.0. The van der Waals surface area contributed by atoms with E-state index < -0.39 is 41.9 Å². The van der Waals surface area contributed by atoms with Crippen LogP contribution in [0.5, 0.6) is 0 Å². The van der Waals surface area contributed by atoms with E-state index in [-0.39, 0.29) is 40.6 Å². The number of hydrogen-bond donors (Lipinski definition) is 2. The number of ether oxygens (including phenoxy) is 2. The van der Waals surface area contributed by atoms with E-state index in [4.69, 9.17) is 9.31 Å². The third kappa shape index (κ3) is 11.3. The number of rotatable bonds is 10. The molecule has 16 heteroatoms. The van der Waals surface area contributed by atoms with Crippen LogP contribution in [0.3, 0.4) is 0 Å². The molecular formula is C46H48BBrF2N2O10. The molecule has 2 amide bonds. The van der Waals surface area contributed by atoms with E-state index in [0.29, 0.717) is 61.5 Å². The van der Waals surface area contributed by atoms with Crippen molar-refractivity contribution < 1.29 is 56.3 Å². The maximum atomic E-state index is 14.4. The number of aldehydes is 2. The molecule has 0 atom stereocenters. The minimum absolute atomic E-state index is 0.153. The molecule has 2 aliphatic carbocycles. The molecule has 62 heavy (non-hydrogen) atoms. The fourth-order valence-electron chi connectivity index (χ4n) is 6.16. The maximum Gasteiger partial charge on any atom is 0.495 e. The van der Waals surface area contributed by atoms with Gasteiger partial charge in [-0.05, 0) is 150 Å². The minimum atomic E-state index is -0.678. The molecule has 326 valence electrons. The highest BCUT2D eigenvalue weighted by Gasteiger charge is 2.52. The molecule has 0 radical (unpaired) electrons. The summed E-state index contributed by atoms with van der Waals surface area (Å²) < 4.78 is 50.5. The van der Waals surface area contributed by atoms with Crippen LogP contribution in [-0.4, -0.2) is 80.9 Å². The molecular weight excluding hydrogens is 869 g/mol. The van der Waals surface area contributed by atoms with E-state index in [1.165, 1.54) is 44.6 Å². The summed E-state index contributed by atoms with van der Waals surface area (Å²) in [5.74, 6) is -2.55. The zero-order valence-electron chi connectivity index (χ0n) is 35.7. The van der Waals surface area contributed by atoms with Crippen molar-refractivity contribution in [3.63, 3.8) is 0 Å². The third-order valence-corrected chi connectivity index (χ3v) is 11.7. The molecule has 0 aromatic heterocycles. The van der Waals surface area contributed by atoms with Crippen molar-refractivity contribution in [2.75, 3.05) is 14.2 Å². The van der Waals surface area contributed by atoms with Gasteiger partial charge in [0, 0.05) is 38.8 Å². The fourth-order valence-corrected chi connectivity index (χ4v) is 6.50. The van der Waals surface area contributed by atoms with Crippen molar-refractivity contribution in [1.29, 1.82) is 0 Å². The standard InChI is InChI=1S/C20H18FNO4.C17H23BFNO3.C9H7BrO3/c1-11-17(8-13(9-18(11)21)19(24)22-15-4-5-15)16-6-3-12(20(25)26-2)7-14(16)10-23;1-10-13(18-22-16(2,3)17(4,5)23-18)8-11(9-14(10)19)15(21)20-12-6-7-12;1-13-9(12)6-2-3-8(10)7(4-6)5-11/h3,6-10,15H,4-5H2,1-2H3,(H,22,24);8-9,12H,6-7H2,1-5H3,(H,20,21);2-5H,1H3. The van der Waals surface area contributed by atoms with Gasteiger partial charge < -0.3 is 29.4 Å². The highest BCUT2D eigenvalue weighted by Crippen LogP contribution is 2.37. The monoisotopic (exact) mass is 916 g/mol. The van der Waals surface area contributed by atoms with Crippen LogP contribution < -0.4 is 16.1 Å². The molecule has 1 heterocycles. The van der Waals surface area contributed by atoms with Gasteiger partial charge >= 0.3 is 19.1 Å². The Morgan fingerprint density at radius 3 is 1.58 bits per heavy atom.